The van der Waals surface area contributed by atoms with Gasteiger partial charge in [0.25, 0.3) is 5.56 Å². The van der Waals surface area contributed by atoms with E-state index < -0.39 is 0 Å². The quantitative estimate of drug-likeness (QED) is 0.449. The van der Waals surface area contributed by atoms with Gasteiger partial charge in [0.2, 0.25) is 11.8 Å². The number of aromatic nitrogens is 3. The minimum absolute atomic E-state index is 0.0455. The lowest BCUT2D eigenvalue weighted by molar-refractivity contribution is 0.388. The Balaban J connectivity index is 1.70. The van der Waals surface area contributed by atoms with Crippen molar-refractivity contribution in [3.05, 3.63) is 81.0 Å². The molecule has 0 saturated carbocycles. The zero-order valence-corrected chi connectivity index (χ0v) is 20.5. The first-order valence-corrected chi connectivity index (χ1v) is 11.6. The molecule has 0 aliphatic heterocycles. The summed E-state index contributed by atoms with van der Waals surface area (Å²) in [5.74, 6) is 2.03. The van der Waals surface area contributed by atoms with Gasteiger partial charge in [-0.15, -0.1) is 0 Å². The first kappa shape index (κ1) is 24.5. The molecule has 0 radical (unpaired) electrons. The third-order valence-corrected chi connectivity index (χ3v) is 6.18. The van der Waals surface area contributed by atoms with Crippen LogP contribution in [0.2, 0.25) is 0 Å². The number of aryl methyl sites for hydroxylation is 1. The minimum atomic E-state index is -0.0455. The van der Waals surface area contributed by atoms with Gasteiger partial charge in [-0.3, -0.25) is 4.79 Å². The molecular weight excluding hydrogens is 414 g/mol. The molecule has 0 spiro atoms. The zero-order valence-electron chi connectivity index (χ0n) is 20.5. The van der Waals surface area contributed by atoms with Gasteiger partial charge in [0.05, 0.1) is 14.2 Å². The molecule has 1 N–H and O–H groups in total. The van der Waals surface area contributed by atoms with Gasteiger partial charge in [-0.05, 0) is 60.8 Å². The Morgan fingerprint density at radius 2 is 1.73 bits per heavy atom. The van der Waals surface area contributed by atoms with Crippen LogP contribution < -0.4 is 15.0 Å². The van der Waals surface area contributed by atoms with E-state index in [2.05, 4.69) is 55.9 Å². The van der Waals surface area contributed by atoms with E-state index in [-0.39, 0.29) is 17.4 Å². The highest BCUT2D eigenvalue weighted by Crippen LogP contribution is 2.29. The number of hydrogen-bond acceptors (Lipinski definition) is 5. The lowest BCUT2D eigenvalue weighted by Crippen LogP contribution is -2.15. The monoisotopic (exact) mass is 449 g/mol. The lowest BCUT2D eigenvalue weighted by atomic mass is 9.93. The first-order chi connectivity index (χ1) is 15.8. The average Bonchev–Trinajstić information content (AvgIpc) is 2.82. The van der Waals surface area contributed by atoms with Crippen LogP contribution in [-0.4, -0.2) is 29.2 Å². The number of nitrogens with one attached hydrogen (secondary N) is 1. The molecule has 3 heterocycles. The van der Waals surface area contributed by atoms with E-state index in [4.69, 9.17) is 14.5 Å². The summed E-state index contributed by atoms with van der Waals surface area (Å²) in [7, 11) is 3.31. The Morgan fingerprint density at radius 3 is 2.39 bits per heavy atom. The lowest BCUT2D eigenvalue weighted by Gasteiger charge is -2.17. The third-order valence-electron chi connectivity index (χ3n) is 6.18. The standard InChI is InChI=1S/C27H35N3O3/c1-17(2)23-15-20(16-29-27(23)33-6)10-9-18(3)24-12-11-21(26(30-24)32-5)14-19(4)22-8-7-13-28-25(22)31/h7-8,11-13,15-19H,9-10,14H2,1-6H3,(H,28,31). The SMILES string of the molecule is COc1nc(C(C)CCc2cnc(OC)c(C(C)C)c2)ccc1CC(C)c1ccc[nH]c1=O. The van der Waals surface area contributed by atoms with Gasteiger partial charge < -0.3 is 14.5 Å². The van der Waals surface area contributed by atoms with E-state index >= 15 is 0 Å². The Labute approximate surface area is 196 Å². The van der Waals surface area contributed by atoms with E-state index in [1.807, 2.05) is 18.3 Å². The molecule has 0 aliphatic rings. The Hall–Kier alpha value is -3.15. The fourth-order valence-corrected chi connectivity index (χ4v) is 4.12. The molecule has 6 heteroatoms. The zero-order chi connectivity index (χ0) is 24.0. The van der Waals surface area contributed by atoms with Crippen LogP contribution in [0.4, 0.5) is 0 Å². The summed E-state index contributed by atoms with van der Waals surface area (Å²) >= 11 is 0. The van der Waals surface area contributed by atoms with E-state index in [1.165, 1.54) is 5.56 Å². The molecule has 0 saturated heterocycles. The van der Waals surface area contributed by atoms with Crippen LogP contribution in [0.15, 0.2) is 47.5 Å². The second kappa shape index (κ2) is 11.1. The van der Waals surface area contributed by atoms with Crippen molar-refractivity contribution in [1.29, 1.82) is 0 Å². The summed E-state index contributed by atoms with van der Waals surface area (Å²) in [6.07, 6.45) is 6.12. The van der Waals surface area contributed by atoms with Gasteiger partial charge in [0.1, 0.15) is 0 Å². The molecule has 0 amide bonds. The van der Waals surface area contributed by atoms with Crippen molar-refractivity contribution in [2.24, 2.45) is 0 Å². The number of H-pyrrole nitrogens is 1. The molecule has 3 aromatic rings. The fraction of sp³-hybridized carbons (Fsp3) is 0.444. The molecule has 6 nitrogen and oxygen atoms in total. The van der Waals surface area contributed by atoms with Crippen LogP contribution in [0, 0.1) is 0 Å². The summed E-state index contributed by atoms with van der Waals surface area (Å²) in [6.45, 7) is 8.54. The third kappa shape index (κ3) is 6.01. The van der Waals surface area contributed by atoms with Crippen molar-refractivity contribution in [3.8, 4) is 11.8 Å². The van der Waals surface area contributed by atoms with E-state index in [9.17, 15) is 4.79 Å². The number of nitrogens with zero attached hydrogens (tertiary/aromatic N) is 2. The molecule has 0 fully saturated rings. The molecular formula is C27H35N3O3. The van der Waals surface area contributed by atoms with Gasteiger partial charge >= 0.3 is 0 Å². The van der Waals surface area contributed by atoms with Crippen molar-refractivity contribution in [1.82, 2.24) is 15.0 Å². The Kier molecular flexibility index (Phi) is 8.26. The van der Waals surface area contributed by atoms with Gasteiger partial charge in [0, 0.05) is 34.8 Å². The predicted molar refractivity (Wildman–Crippen MR) is 132 cm³/mol. The van der Waals surface area contributed by atoms with Crippen molar-refractivity contribution in [2.75, 3.05) is 14.2 Å². The second-order valence-electron chi connectivity index (χ2n) is 9.00. The highest BCUT2D eigenvalue weighted by atomic mass is 16.5. The topological polar surface area (TPSA) is 77.1 Å². The van der Waals surface area contributed by atoms with Crippen LogP contribution in [0.3, 0.4) is 0 Å². The van der Waals surface area contributed by atoms with Gasteiger partial charge in [-0.1, -0.05) is 39.8 Å². The average molecular weight is 450 g/mol. The predicted octanol–water partition coefficient (Wildman–Crippen LogP) is 5.39. The van der Waals surface area contributed by atoms with Gasteiger partial charge in [-0.2, -0.15) is 0 Å². The molecule has 3 rings (SSSR count). The number of hydrogen-bond donors (Lipinski definition) is 1. The van der Waals surface area contributed by atoms with Crippen LogP contribution in [0.5, 0.6) is 11.8 Å². The van der Waals surface area contributed by atoms with Crippen LogP contribution in [0.25, 0.3) is 0 Å². The number of aromatic amines is 1. The molecule has 0 aromatic carbocycles. The molecule has 176 valence electrons. The summed E-state index contributed by atoms with van der Waals surface area (Å²) in [5, 5.41) is 0. The first-order valence-electron chi connectivity index (χ1n) is 11.6. The van der Waals surface area contributed by atoms with Gasteiger partial charge in [-0.25, -0.2) is 9.97 Å². The summed E-state index contributed by atoms with van der Waals surface area (Å²) < 4.78 is 11.0. The molecule has 2 unspecified atom stereocenters. The largest absolute Gasteiger partial charge is 0.481 e. The van der Waals surface area contributed by atoms with Crippen LogP contribution in [0.1, 0.15) is 79.8 Å². The molecule has 2 atom stereocenters. The van der Waals surface area contributed by atoms with Crippen molar-refractivity contribution >= 4 is 0 Å². The maximum absolute atomic E-state index is 12.1. The normalized spacial score (nSPS) is 13.1. The summed E-state index contributed by atoms with van der Waals surface area (Å²) in [5.41, 5.74) is 5.08. The maximum Gasteiger partial charge on any atom is 0.251 e. The summed E-state index contributed by atoms with van der Waals surface area (Å²) in [4.78, 5) is 24.2. The van der Waals surface area contributed by atoms with E-state index in [0.717, 1.165) is 35.2 Å². The second-order valence-corrected chi connectivity index (χ2v) is 9.00. The smallest absolute Gasteiger partial charge is 0.251 e. The molecule has 0 aliphatic carbocycles. The van der Waals surface area contributed by atoms with Crippen LogP contribution >= 0.6 is 0 Å². The number of methoxy groups -OCH3 is 2. The van der Waals surface area contributed by atoms with Crippen LogP contribution in [-0.2, 0) is 12.8 Å². The minimum Gasteiger partial charge on any atom is -0.481 e. The number of pyridine rings is 3. The van der Waals surface area contributed by atoms with Crippen molar-refractivity contribution in [2.45, 2.75) is 64.7 Å². The molecule has 33 heavy (non-hydrogen) atoms. The highest BCUT2D eigenvalue weighted by molar-refractivity contribution is 5.34. The number of rotatable bonds is 10. The molecule has 3 aromatic heterocycles. The van der Waals surface area contributed by atoms with E-state index in [1.54, 1.807) is 20.4 Å². The van der Waals surface area contributed by atoms with Gasteiger partial charge in [0.15, 0.2) is 0 Å². The highest BCUT2D eigenvalue weighted by Gasteiger charge is 2.17. The Bertz CT molecular complexity index is 1120. The maximum atomic E-state index is 12.1. The van der Waals surface area contributed by atoms with Crippen molar-refractivity contribution < 1.29 is 9.47 Å². The Morgan fingerprint density at radius 1 is 0.970 bits per heavy atom. The van der Waals surface area contributed by atoms with Crippen molar-refractivity contribution in [3.63, 3.8) is 0 Å². The number of ether oxygens (including phenoxy) is 2. The summed E-state index contributed by atoms with van der Waals surface area (Å²) in [6, 6.07) is 10.1. The fourth-order valence-electron chi connectivity index (χ4n) is 4.12. The molecule has 0 bridgehead atoms. The van der Waals surface area contributed by atoms with E-state index in [0.29, 0.717) is 24.1 Å².